The van der Waals surface area contributed by atoms with Crippen molar-refractivity contribution in [1.82, 2.24) is 24.7 Å². The Hall–Kier alpha value is -2.51. The maximum atomic E-state index is 8.47. The highest BCUT2D eigenvalue weighted by Gasteiger charge is 2.09. The molecule has 3 N–H and O–H groups in total. The van der Waals surface area contributed by atoms with E-state index in [1.54, 1.807) is 19.3 Å². The van der Waals surface area contributed by atoms with Crippen molar-refractivity contribution in [2.45, 2.75) is 6.92 Å². The Morgan fingerprint density at radius 2 is 2.12 bits per heavy atom. The third kappa shape index (κ3) is 1.67. The van der Waals surface area contributed by atoms with Crippen molar-refractivity contribution >= 4 is 5.84 Å². The number of hydrogen-bond donors (Lipinski definition) is 2. The van der Waals surface area contributed by atoms with E-state index in [4.69, 9.17) is 10.9 Å². The zero-order valence-electron chi connectivity index (χ0n) is 8.44. The molecule has 0 saturated heterocycles. The van der Waals surface area contributed by atoms with Crippen LogP contribution in [-0.4, -0.2) is 35.8 Å². The second kappa shape index (κ2) is 3.93. The van der Waals surface area contributed by atoms with E-state index in [0.29, 0.717) is 11.5 Å². The molecule has 0 aromatic carbocycles. The van der Waals surface area contributed by atoms with Crippen LogP contribution in [0.2, 0.25) is 0 Å². The van der Waals surface area contributed by atoms with Gasteiger partial charge in [-0.25, -0.2) is 14.6 Å². The van der Waals surface area contributed by atoms with Gasteiger partial charge in [-0.05, 0) is 6.92 Å². The minimum absolute atomic E-state index is 0.132. The molecule has 8 heteroatoms. The molecule has 0 aliphatic carbocycles. The Morgan fingerprint density at radius 3 is 2.81 bits per heavy atom. The number of nitrogens with two attached hydrogens (primary N) is 1. The summed E-state index contributed by atoms with van der Waals surface area (Å²) in [5.74, 6) is 0.528. The van der Waals surface area contributed by atoms with Gasteiger partial charge < -0.3 is 10.9 Å². The van der Waals surface area contributed by atoms with Crippen molar-refractivity contribution < 1.29 is 5.21 Å². The number of aromatic nitrogens is 5. The molecule has 0 amide bonds. The zero-order valence-corrected chi connectivity index (χ0v) is 8.44. The summed E-state index contributed by atoms with van der Waals surface area (Å²) in [6.07, 6.45) is 4.55. The van der Waals surface area contributed by atoms with Gasteiger partial charge in [0.05, 0.1) is 5.69 Å². The summed E-state index contributed by atoms with van der Waals surface area (Å²) in [5, 5.41) is 15.3. The van der Waals surface area contributed by atoms with Crippen LogP contribution in [0.25, 0.3) is 5.82 Å². The lowest BCUT2D eigenvalue weighted by molar-refractivity contribution is 0.318. The van der Waals surface area contributed by atoms with E-state index in [1.165, 1.54) is 11.0 Å². The summed E-state index contributed by atoms with van der Waals surface area (Å²) in [6.45, 7) is 1.80. The summed E-state index contributed by atoms with van der Waals surface area (Å²) >= 11 is 0. The SMILES string of the molecule is Cc1nccnc1-n1cnc(C(N)=NO)n1. The van der Waals surface area contributed by atoms with Crippen molar-refractivity contribution in [3.8, 4) is 5.82 Å². The molecule has 0 aliphatic heterocycles. The summed E-state index contributed by atoms with van der Waals surface area (Å²) in [7, 11) is 0. The number of rotatable bonds is 2. The highest BCUT2D eigenvalue weighted by Crippen LogP contribution is 2.05. The lowest BCUT2D eigenvalue weighted by atomic mass is 10.4. The minimum atomic E-state index is -0.153. The molecule has 8 nitrogen and oxygen atoms in total. The van der Waals surface area contributed by atoms with Crippen molar-refractivity contribution in [1.29, 1.82) is 0 Å². The van der Waals surface area contributed by atoms with E-state index in [1.807, 2.05) is 0 Å². The van der Waals surface area contributed by atoms with E-state index in [9.17, 15) is 0 Å². The van der Waals surface area contributed by atoms with E-state index >= 15 is 0 Å². The second-order valence-electron chi connectivity index (χ2n) is 2.96. The number of oxime groups is 1. The molecule has 2 aromatic rings. The monoisotopic (exact) mass is 219 g/mol. The van der Waals surface area contributed by atoms with Crippen molar-refractivity contribution in [3.63, 3.8) is 0 Å². The molecular formula is C8H9N7O. The van der Waals surface area contributed by atoms with E-state index in [-0.39, 0.29) is 11.7 Å². The summed E-state index contributed by atoms with van der Waals surface area (Å²) < 4.78 is 1.41. The molecule has 82 valence electrons. The van der Waals surface area contributed by atoms with E-state index in [2.05, 4.69) is 25.2 Å². The van der Waals surface area contributed by atoms with Gasteiger partial charge in [0.15, 0.2) is 5.82 Å². The number of hydrogen-bond acceptors (Lipinski definition) is 6. The van der Waals surface area contributed by atoms with Gasteiger partial charge in [0, 0.05) is 12.4 Å². The van der Waals surface area contributed by atoms with Crippen LogP contribution in [0.4, 0.5) is 0 Å². The van der Waals surface area contributed by atoms with Gasteiger partial charge in [0.25, 0.3) is 0 Å². The third-order valence-electron chi connectivity index (χ3n) is 1.90. The molecule has 2 rings (SSSR count). The predicted molar refractivity (Wildman–Crippen MR) is 54.2 cm³/mol. The van der Waals surface area contributed by atoms with Crippen molar-refractivity contribution in [2.24, 2.45) is 10.9 Å². The first kappa shape index (κ1) is 10.0. The van der Waals surface area contributed by atoms with Crippen LogP contribution in [0.15, 0.2) is 23.9 Å². The van der Waals surface area contributed by atoms with Gasteiger partial charge in [0.2, 0.25) is 11.7 Å². The Bertz CT molecular complexity index is 533. The highest BCUT2D eigenvalue weighted by molar-refractivity contribution is 5.93. The normalized spacial score (nSPS) is 11.7. The van der Waals surface area contributed by atoms with Crippen LogP contribution in [0.1, 0.15) is 11.5 Å². The van der Waals surface area contributed by atoms with Gasteiger partial charge in [-0.15, -0.1) is 5.10 Å². The fraction of sp³-hybridized carbons (Fsp3) is 0.125. The Balaban J connectivity index is 2.43. The van der Waals surface area contributed by atoms with Crippen LogP contribution in [-0.2, 0) is 0 Å². The molecule has 0 unspecified atom stereocenters. The molecule has 0 atom stereocenters. The zero-order chi connectivity index (χ0) is 11.5. The van der Waals surface area contributed by atoms with Crippen molar-refractivity contribution in [3.05, 3.63) is 30.2 Å². The average Bonchev–Trinajstić information content (AvgIpc) is 2.78. The molecule has 0 spiro atoms. The standard InChI is InChI=1S/C8H9N7O/c1-5-8(11-3-2-10-5)15-4-12-7(13-15)6(9)14-16/h2-4,16H,1H3,(H2,9,14). The van der Waals surface area contributed by atoms with E-state index in [0.717, 1.165) is 0 Å². The van der Waals surface area contributed by atoms with E-state index < -0.39 is 0 Å². The molecule has 0 radical (unpaired) electrons. The Kier molecular flexibility index (Phi) is 2.46. The molecule has 0 aliphatic rings. The smallest absolute Gasteiger partial charge is 0.220 e. The van der Waals surface area contributed by atoms with Gasteiger partial charge in [-0.3, -0.25) is 4.98 Å². The lowest BCUT2D eigenvalue weighted by Crippen LogP contribution is -2.15. The first-order chi connectivity index (χ1) is 7.72. The molecule has 0 saturated carbocycles. The third-order valence-corrected chi connectivity index (χ3v) is 1.90. The summed E-state index contributed by atoms with van der Waals surface area (Å²) in [6, 6.07) is 0. The van der Waals surface area contributed by atoms with Crippen LogP contribution >= 0.6 is 0 Å². The molecule has 2 heterocycles. The highest BCUT2D eigenvalue weighted by atomic mass is 16.4. The average molecular weight is 219 g/mol. The van der Waals surface area contributed by atoms with Crippen LogP contribution in [0, 0.1) is 6.92 Å². The maximum Gasteiger partial charge on any atom is 0.220 e. The topological polar surface area (TPSA) is 115 Å². The lowest BCUT2D eigenvalue weighted by Gasteiger charge is -2.00. The van der Waals surface area contributed by atoms with Crippen LogP contribution < -0.4 is 5.73 Å². The molecule has 16 heavy (non-hydrogen) atoms. The fourth-order valence-corrected chi connectivity index (χ4v) is 1.15. The number of amidine groups is 1. The quantitative estimate of drug-likeness (QED) is 0.303. The maximum absolute atomic E-state index is 8.47. The van der Waals surface area contributed by atoms with Gasteiger partial charge >= 0.3 is 0 Å². The summed E-state index contributed by atoms with van der Waals surface area (Å²) in [5.41, 5.74) is 6.06. The molecule has 0 fully saturated rings. The van der Waals surface area contributed by atoms with Crippen LogP contribution in [0.3, 0.4) is 0 Å². The van der Waals surface area contributed by atoms with Gasteiger partial charge in [-0.2, -0.15) is 0 Å². The fourth-order valence-electron chi connectivity index (χ4n) is 1.15. The molecule has 0 bridgehead atoms. The molecular weight excluding hydrogens is 210 g/mol. The largest absolute Gasteiger partial charge is 0.409 e. The second-order valence-corrected chi connectivity index (χ2v) is 2.96. The summed E-state index contributed by atoms with van der Waals surface area (Å²) in [4.78, 5) is 12.0. The predicted octanol–water partition coefficient (Wildman–Crippen LogP) is -0.540. The minimum Gasteiger partial charge on any atom is -0.409 e. The number of aryl methyl sites for hydroxylation is 1. The Morgan fingerprint density at radius 1 is 1.38 bits per heavy atom. The Labute approximate surface area is 90.5 Å². The number of nitrogens with zero attached hydrogens (tertiary/aromatic N) is 6. The van der Waals surface area contributed by atoms with Gasteiger partial charge in [-0.1, -0.05) is 5.16 Å². The first-order valence-corrected chi connectivity index (χ1v) is 4.40. The molecule has 2 aromatic heterocycles. The van der Waals surface area contributed by atoms with Gasteiger partial charge in [0.1, 0.15) is 6.33 Å². The van der Waals surface area contributed by atoms with Crippen molar-refractivity contribution in [2.75, 3.05) is 0 Å². The first-order valence-electron chi connectivity index (χ1n) is 4.40. The van der Waals surface area contributed by atoms with Crippen LogP contribution in [0.5, 0.6) is 0 Å².